The number of aromatic amines is 1. The van der Waals surface area contributed by atoms with Gasteiger partial charge in [0.25, 0.3) is 5.56 Å². The zero-order chi connectivity index (χ0) is 11.3. The molecule has 0 bridgehead atoms. The largest absolute Gasteiger partial charge is 0.370 e. The average Bonchev–Trinajstić information content (AvgIpc) is 2.15. The van der Waals surface area contributed by atoms with E-state index in [0.717, 1.165) is 4.57 Å². The Kier molecular flexibility index (Phi) is 3.44. The molecule has 0 radical (unpaired) electrons. The molecule has 0 unspecified atom stereocenters. The SMILES string of the molecule is N=C(N)NC=CCn1c(=O)cc[nH]c1=O. The molecule has 7 heteroatoms. The van der Waals surface area contributed by atoms with Gasteiger partial charge in [0.15, 0.2) is 5.96 Å². The lowest BCUT2D eigenvalue weighted by molar-refractivity contribution is 0.712. The molecule has 0 fully saturated rings. The van der Waals surface area contributed by atoms with E-state index in [1.165, 1.54) is 24.5 Å². The number of rotatable bonds is 3. The maximum absolute atomic E-state index is 11.2. The molecule has 0 saturated heterocycles. The average molecular weight is 209 g/mol. The second kappa shape index (κ2) is 4.80. The summed E-state index contributed by atoms with van der Waals surface area (Å²) in [6, 6.07) is 1.26. The summed E-state index contributed by atoms with van der Waals surface area (Å²) in [6.07, 6.45) is 4.19. The number of hydrogen-bond acceptors (Lipinski definition) is 3. The zero-order valence-corrected chi connectivity index (χ0v) is 7.86. The molecule has 5 N–H and O–H groups in total. The van der Waals surface area contributed by atoms with Gasteiger partial charge in [-0.2, -0.15) is 0 Å². The highest BCUT2D eigenvalue weighted by atomic mass is 16.2. The summed E-state index contributed by atoms with van der Waals surface area (Å²) in [4.78, 5) is 24.7. The van der Waals surface area contributed by atoms with Gasteiger partial charge in [-0.25, -0.2) is 4.79 Å². The Morgan fingerprint density at radius 1 is 1.67 bits per heavy atom. The van der Waals surface area contributed by atoms with Crippen LogP contribution in [0.4, 0.5) is 0 Å². The van der Waals surface area contributed by atoms with Crippen LogP contribution in [0.25, 0.3) is 0 Å². The molecular weight excluding hydrogens is 198 g/mol. The fraction of sp³-hybridized carbons (Fsp3) is 0.125. The third-order valence-corrected chi connectivity index (χ3v) is 1.59. The minimum atomic E-state index is -0.477. The Bertz CT molecular complexity index is 456. The van der Waals surface area contributed by atoms with Gasteiger partial charge in [-0.05, 0) is 6.08 Å². The van der Waals surface area contributed by atoms with Crippen molar-refractivity contribution in [1.29, 1.82) is 5.41 Å². The number of nitrogens with one attached hydrogen (secondary N) is 3. The van der Waals surface area contributed by atoms with Gasteiger partial charge in [0.1, 0.15) is 0 Å². The van der Waals surface area contributed by atoms with E-state index in [0.29, 0.717) is 0 Å². The molecule has 0 atom stereocenters. The maximum Gasteiger partial charge on any atom is 0.328 e. The molecule has 0 aromatic carbocycles. The molecule has 0 spiro atoms. The quantitative estimate of drug-likeness (QED) is 0.359. The summed E-state index contributed by atoms with van der Waals surface area (Å²) >= 11 is 0. The first-order chi connectivity index (χ1) is 7.11. The van der Waals surface area contributed by atoms with Crippen LogP contribution in [0.15, 0.2) is 34.1 Å². The van der Waals surface area contributed by atoms with Crippen molar-refractivity contribution in [2.45, 2.75) is 6.54 Å². The third kappa shape index (κ3) is 3.14. The van der Waals surface area contributed by atoms with Crippen LogP contribution in [0.3, 0.4) is 0 Å². The molecule has 0 aliphatic carbocycles. The molecule has 15 heavy (non-hydrogen) atoms. The van der Waals surface area contributed by atoms with Crippen LogP contribution in [0.2, 0.25) is 0 Å². The lowest BCUT2D eigenvalue weighted by Gasteiger charge is -1.98. The molecule has 7 nitrogen and oxygen atoms in total. The van der Waals surface area contributed by atoms with Gasteiger partial charge in [-0.15, -0.1) is 0 Å². The van der Waals surface area contributed by atoms with Crippen molar-refractivity contribution in [3.05, 3.63) is 45.4 Å². The summed E-state index contributed by atoms with van der Waals surface area (Å²) < 4.78 is 1.01. The van der Waals surface area contributed by atoms with Crippen LogP contribution in [-0.2, 0) is 6.54 Å². The number of hydrogen-bond donors (Lipinski definition) is 4. The van der Waals surface area contributed by atoms with E-state index in [4.69, 9.17) is 11.1 Å². The molecule has 1 aromatic heterocycles. The van der Waals surface area contributed by atoms with Crippen LogP contribution in [-0.4, -0.2) is 15.5 Å². The minimum Gasteiger partial charge on any atom is -0.370 e. The Balaban J connectivity index is 2.74. The van der Waals surface area contributed by atoms with Gasteiger partial charge in [0.2, 0.25) is 0 Å². The Morgan fingerprint density at radius 2 is 2.40 bits per heavy atom. The summed E-state index contributed by atoms with van der Waals surface area (Å²) in [5.41, 5.74) is 4.16. The predicted octanol–water partition coefficient (Wildman–Crippen LogP) is -1.47. The maximum atomic E-state index is 11.2. The number of aromatic nitrogens is 2. The van der Waals surface area contributed by atoms with E-state index in [-0.39, 0.29) is 18.1 Å². The van der Waals surface area contributed by atoms with Crippen LogP contribution in [0, 0.1) is 5.41 Å². The summed E-state index contributed by atoms with van der Waals surface area (Å²) in [5.74, 6) is -0.208. The smallest absolute Gasteiger partial charge is 0.328 e. The van der Waals surface area contributed by atoms with Gasteiger partial charge in [0.05, 0.1) is 6.54 Å². The normalized spacial score (nSPS) is 10.4. The van der Waals surface area contributed by atoms with E-state index < -0.39 is 5.69 Å². The van der Waals surface area contributed by atoms with E-state index in [9.17, 15) is 9.59 Å². The van der Waals surface area contributed by atoms with Crippen molar-refractivity contribution >= 4 is 5.96 Å². The first-order valence-electron chi connectivity index (χ1n) is 4.15. The zero-order valence-electron chi connectivity index (χ0n) is 7.86. The molecule has 0 amide bonds. The van der Waals surface area contributed by atoms with Crippen molar-refractivity contribution in [2.75, 3.05) is 0 Å². The molecule has 80 valence electrons. The highest BCUT2D eigenvalue weighted by Gasteiger charge is 1.95. The number of nitrogens with zero attached hydrogens (tertiary/aromatic N) is 1. The van der Waals surface area contributed by atoms with Crippen molar-refractivity contribution in [3.63, 3.8) is 0 Å². The van der Waals surface area contributed by atoms with Gasteiger partial charge in [0, 0.05) is 18.5 Å². The van der Waals surface area contributed by atoms with Crippen molar-refractivity contribution in [2.24, 2.45) is 5.73 Å². The lowest BCUT2D eigenvalue weighted by atomic mass is 10.5. The molecular formula is C8H11N5O2. The molecule has 0 saturated carbocycles. The van der Waals surface area contributed by atoms with Crippen LogP contribution in [0.1, 0.15) is 0 Å². The summed E-state index contributed by atoms with van der Waals surface area (Å²) in [7, 11) is 0. The van der Waals surface area contributed by atoms with Crippen LogP contribution in [0.5, 0.6) is 0 Å². The number of H-pyrrole nitrogens is 1. The van der Waals surface area contributed by atoms with Crippen LogP contribution >= 0.6 is 0 Å². The van der Waals surface area contributed by atoms with E-state index in [2.05, 4.69) is 10.3 Å². The van der Waals surface area contributed by atoms with Crippen molar-refractivity contribution in [3.8, 4) is 0 Å². The van der Waals surface area contributed by atoms with E-state index in [1.54, 1.807) is 0 Å². The number of allylic oxidation sites excluding steroid dienone is 1. The Morgan fingerprint density at radius 3 is 3.00 bits per heavy atom. The van der Waals surface area contributed by atoms with Crippen LogP contribution < -0.4 is 22.3 Å². The third-order valence-electron chi connectivity index (χ3n) is 1.59. The highest BCUT2D eigenvalue weighted by Crippen LogP contribution is 1.74. The fourth-order valence-corrected chi connectivity index (χ4v) is 0.932. The van der Waals surface area contributed by atoms with Gasteiger partial charge in [-0.1, -0.05) is 0 Å². The minimum absolute atomic E-state index is 0.120. The van der Waals surface area contributed by atoms with Gasteiger partial charge in [-0.3, -0.25) is 14.8 Å². The van der Waals surface area contributed by atoms with Gasteiger partial charge < -0.3 is 16.0 Å². The lowest BCUT2D eigenvalue weighted by Crippen LogP contribution is -2.33. The Labute approximate surface area is 84.7 Å². The Hall–Kier alpha value is -2.31. The van der Waals surface area contributed by atoms with E-state index in [1.807, 2.05) is 0 Å². The first kappa shape index (κ1) is 10.8. The number of nitrogens with two attached hydrogens (primary N) is 1. The predicted molar refractivity (Wildman–Crippen MR) is 55.5 cm³/mol. The standard InChI is InChI=1S/C8H11N5O2/c9-7(10)11-3-1-5-13-6(14)2-4-12-8(13)15/h1-4H,5H2,(H,12,15)(H4,9,10,11). The molecule has 0 aliphatic heterocycles. The fourth-order valence-electron chi connectivity index (χ4n) is 0.932. The van der Waals surface area contributed by atoms with Gasteiger partial charge >= 0.3 is 5.69 Å². The van der Waals surface area contributed by atoms with Crippen molar-refractivity contribution in [1.82, 2.24) is 14.9 Å². The second-order valence-electron chi connectivity index (χ2n) is 2.69. The van der Waals surface area contributed by atoms with E-state index >= 15 is 0 Å². The highest BCUT2D eigenvalue weighted by molar-refractivity contribution is 5.75. The molecule has 1 heterocycles. The number of guanidine groups is 1. The monoisotopic (exact) mass is 209 g/mol. The topological polar surface area (TPSA) is 117 Å². The molecule has 1 rings (SSSR count). The summed E-state index contributed by atoms with van der Waals surface area (Å²) in [5, 5.41) is 9.25. The van der Waals surface area contributed by atoms with Crippen molar-refractivity contribution < 1.29 is 0 Å². The summed E-state index contributed by atoms with van der Waals surface area (Å²) in [6.45, 7) is 0.120. The first-order valence-corrected chi connectivity index (χ1v) is 4.15. The second-order valence-corrected chi connectivity index (χ2v) is 2.69. The molecule has 1 aromatic rings. The molecule has 0 aliphatic rings.